The molecule has 0 saturated heterocycles. The van der Waals surface area contributed by atoms with Crippen molar-refractivity contribution in [3.8, 4) is 0 Å². The fraction of sp³-hybridized carbons (Fsp3) is 0.400. The van der Waals surface area contributed by atoms with Crippen LogP contribution < -0.4 is 4.90 Å². The summed E-state index contributed by atoms with van der Waals surface area (Å²) in [5.74, 6) is 0.0680. The number of ether oxygens (including phenoxy) is 1. The predicted octanol–water partition coefficient (Wildman–Crippen LogP) is 0.00430. The van der Waals surface area contributed by atoms with E-state index in [-0.39, 0.29) is 10.7 Å². The second-order valence-electron chi connectivity index (χ2n) is 1.62. The van der Waals surface area contributed by atoms with Crippen LogP contribution in [-0.2, 0) is 4.74 Å². The normalized spacial score (nSPS) is 10.6. The molecule has 0 spiro atoms. The third kappa shape index (κ3) is 1.92. The average molecular weight is 157 g/mol. The maximum Gasteiger partial charge on any atom is 0.337 e. The first-order valence-electron chi connectivity index (χ1n) is 3.03. The summed E-state index contributed by atoms with van der Waals surface area (Å²) in [5.41, 5.74) is 0. The first-order valence-corrected chi connectivity index (χ1v) is 3.03. The van der Waals surface area contributed by atoms with Gasteiger partial charge in [0.2, 0.25) is 6.20 Å². The molecule has 60 valence electrons. The lowest BCUT2D eigenvalue weighted by Gasteiger charge is -1.87. The fourth-order valence-corrected chi connectivity index (χ4v) is 0.449. The van der Waals surface area contributed by atoms with Gasteiger partial charge in [-0.25, -0.2) is 0 Å². The van der Waals surface area contributed by atoms with Crippen LogP contribution >= 0.6 is 0 Å². The van der Waals surface area contributed by atoms with Crippen molar-refractivity contribution in [1.29, 1.82) is 0 Å². The second kappa shape index (κ2) is 3.55. The first kappa shape index (κ1) is 7.52. The van der Waals surface area contributed by atoms with Crippen molar-refractivity contribution in [3.63, 3.8) is 0 Å². The van der Waals surface area contributed by atoms with Crippen LogP contribution in [0.5, 0.6) is 0 Å². The SMILES string of the molecule is CCOC=Nc1cno[n+]1[O-]. The van der Waals surface area contributed by atoms with Gasteiger partial charge in [-0.15, -0.1) is 0 Å². The molecule has 0 aliphatic heterocycles. The number of aromatic nitrogens is 2. The Balaban J connectivity index is 2.56. The van der Waals surface area contributed by atoms with Gasteiger partial charge in [-0.1, -0.05) is 9.90 Å². The molecule has 6 nitrogen and oxygen atoms in total. The molecule has 11 heavy (non-hydrogen) atoms. The zero-order chi connectivity index (χ0) is 8.10. The number of aliphatic imine (C=N–C) groups is 1. The molecule has 0 unspecified atom stereocenters. The van der Waals surface area contributed by atoms with Crippen LogP contribution in [0.3, 0.4) is 0 Å². The van der Waals surface area contributed by atoms with Crippen molar-refractivity contribution in [3.05, 3.63) is 11.4 Å². The van der Waals surface area contributed by atoms with Gasteiger partial charge >= 0.3 is 5.82 Å². The predicted molar refractivity (Wildman–Crippen MR) is 35.2 cm³/mol. The highest BCUT2D eigenvalue weighted by molar-refractivity contribution is 5.51. The Morgan fingerprint density at radius 3 is 3.36 bits per heavy atom. The minimum atomic E-state index is 0.0680. The maximum atomic E-state index is 10.5. The van der Waals surface area contributed by atoms with E-state index in [4.69, 9.17) is 4.74 Å². The summed E-state index contributed by atoms with van der Waals surface area (Å²) in [4.78, 5) is 3.79. The van der Waals surface area contributed by atoms with Crippen LogP contribution in [0.2, 0.25) is 0 Å². The molecule has 0 aliphatic carbocycles. The van der Waals surface area contributed by atoms with E-state index in [1.165, 1.54) is 12.6 Å². The van der Waals surface area contributed by atoms with Gasteiger partial charge in [0.15, 0.2) is 0 Å². The van der Waals surface area contributed by atoms with Gasteiger partial charge in [-0.3, -0.25) is 0 Å². The number of nitrogens with zero attached hydrogens (tertiary/aromatic N) is 3. The van der Waals surface area contributed by atoms with E-state index < -0.39 is 0 Å². The lowest BCUT2D eigenvalue weighted by Crippen LogP contribution is -2.21. The van der Waals surface area contributed by atoms with Gasteiger partial charge in [-0.05, 0) is 12.1 Å². The van der Waals surface area contributed by atoms with Crippen molar-refractivity contribution in [1.82, 2.24) is 5.16 Å². The van der Waals surface area contributed by atoms with Crippen molar-refractivity contribution in [2.45, 2.75) is 6.92 Å². The van der Waals surface area contributed by atoms with Crippen LogP contribution in [0.15, 0.2) is 15.8 Å². The van der Waals surface area contributed by atoms with Gasteiger partial charge < -0.3 is 14.6 Å². The Hall–Kier alpha value is -1.59. The zero-order valence-electron chi connectivity index (χ0n) is 5.93. The molecule has 0 atom stereocenters. The van der Waals surface area contributed by atoms with Crippen LogP contribution in [0.25, 0.3) is 0 Å². The van der Waals surface area contributed by atoms with Crippen molar-refractivity contribution in [2.75, 3.05) is 6.61 Å². The van der Waals surface area contributed by atoms with Gasteiger partial charge in [0.25, 0.3) is 6.40 Å². The Morgan fingerprint density at radius 1 is 2.00 bits per heavy atom. The molecular weight excluding hydrogens is 150 g/mol. The molecule has 0 N–H and O–H groups in total. The molecule has 6 heteroatoms. The molecule has 1 aromatic rings. The highest BCUT2D eigenvalue weighted by Crippen LogP contribution is 1.98. The highest BCUT2D eigenvalue weighted by atomic mass is 16.8. The Kier molecular flexibility index (Phi) is 2.42. The molecule has 0 saturated carbocycles. The van der Waals surface area contributed by atoms with Crippen LogP contribution in [0.4, 0.5) is 5.82 Å². The topological polar surface area (TPSA) is 74.6 Å². The Bertz CT molecular complexity index is 245. The Labute approximate surface area is 62.6 Å². The lowest BCUT2D eigenvalue weighted by molar-refractivity contribution is -0.791. The van der Waals surface area contributed by atoms with E-state index in [1.54, 1.807) is 0 Å². The standard InChI is InChI=1S/C5H7N3O3/c1-2-10-4-6-5-3-7-11-8(5)9/h3-4H,2H2,1H3. The van der Waals surface area contributed by atoms with Crippen LogP contribution in [-0.4, -0.2) is 18.2 Å². The Morgan fingerprint density at radius 2 is 2.82 bits per heavy atom. The van der Waals surface area contributed by atoms with Gasteiger partial charge in [0.05, 0.1) is 6.61 Å². The molecule has 0 fully saturated rings. The largest absolute Gasteiger partial charge is 0.471 e. The van der Waals surface area contributed by atoms with E-state index in [0.717, 1.165) is 0 Å². The quantitative estimate of drug-likeness (QED) is 0.351. The molecule has 0 radical (unpaired) electrons. The van der Waals surface area contributed by atoms with Crippen LogP contribution in [0, 0.1) is 5.21 Å². The molecular formula is C5H7N3O3. The van der Waals surface area contributed by atoms with Gasteiger partial charge in [-0.2, -0.15) is 0 Å². The van der Waals surface area contributed by atoms with Crippen molar-refractivity contribution in [2.24, 2.45) is 4.99 Å². The number of hydrogen-bond donors (Lipinski definition) is 0. The minimum Gasteiger partial charge on any atom is -0.471 e. The number of hydrogen-bond acceptors (Lipinski definition) is 5. The summed E-state index contributed by atoms with van der Waals surface area (Å²) in [6.07, 6.45) is 2.36. The molecule has 1 rings (SSSR count). The highest BCUT2D eigenvalue weighted by Gasteiger charge is 2.02. The molecule has 1 aromatic heterocycles. The third-order valence-electron chi connectivity index (χ3n) is 0.903. The molecule has 1 heterocycles. The van der Waals surface area contributed by atoms with Crippen molar-refractivity contribution < 1.29 is 14.3 Å². The summed E-state index contributed by atoms with van der Waals surface area (Å²) in [6.45, 7) is 2.32. The van der Waals surface area contributed by atoms with E-state index in [2.05, 4.69) is 14.8 Å². The van der Waals surface area contributed by atoms with Gasteiger partial charge in [0.1, 0.15) is 0 Å². The van der Waals surface area contributed by atoms with E-state index in [1.807, 2.05) is 6.92 Å². The summed E-state index contributed by atoms with van der Waals surface area (Å²) < 4.78 is 8.89. The molecule has 0 aromatic carbocycles. The molecule has 0 amide bonds. The summed E-state index contributed by atoms with van der Waals surface area (Å²) in [6, 6.07) is 0. The number of rotatable bonds is 3. The average Bonchev–Trinajstić information content (AvgIpc) is 2.37. The second-order valence-corrected chi connectivity index (χ2v) is 1.62. The fourth-order valence-electron chi connectivity index (χ4n) is 0.449. The van der Waals surface area contributed by atoms with E-state index in [9.17, 15) is 5.21 Å². The molecule has 0 aliphatic rings. The van der Waals surface area contributed by atoms with E-state index in [0.29, 0.717) is 6.61 Å². The van der Waals surface area contributed by atoms with Gasteiger partial charge in [0, 0.05) is 0 Å². The third-order valence-corrected chi connectivity index (χ3v) is 0.903. The summed E-state index contributed by atoms with van der Waals surface area (Å²) >= 11 is 0. The van der Waals surface area contributed by atoms with E-state index >= 15 is 0 Å². The smallest absolute Gasteiger partial charge is 0.337 e. The zero-order valence-corrected chi connectivity index (χ0v) is 5.93. The summed E-state index contributed by atoms with van der Waals surface area (Å²) in [5, 5.41) is 13.7. The van der Waals surface area contributed by atoms with Crippen molar-refractivity contribution >= 4 is 12.2 Å². The maximum absolute atomic E-state index is 10.5. The first-order chi connectivity index (χ1) is 5.34. The summed E-state index contributed by atoms with van der Waals surface area (Å²) in [7, 11) is 0. The monoisotopic (exact) mass is 157 g/mol. The molecule has 0 bridgehead atoms. The lowest BCUT2D eigenvalue weighted by atomic mass is 10.8. The van der Waals surface area contributed by atoms with Crippen LogP contribution in [0.1, 0.15) is 6.92 Å². The minimum absolute atomic E-state index is 0.0680.